The fourth-order valence-corrected chi connectivity index (χ4v) is 6.08. The van der Waals surface area contributed by atoms with E-state index in [1.807, 2.05) is 6.92 Å². The monoisotopic (exact) mass is 561 g/mol. The Morgan fingerprint density at radius 2 is 1.82 bits per heavy atom. The summed E-state index contributed by atoms with van der Waals surface area (Å²) in [7, 11) is -3.73. The smallest absolute Gasteiger partial charge is 0.366 e. The normalized spacial score (nSPS) is 16.4. The van der Waals surface area contributed by atoms with Crippen LogP contribution >= 0.6 is 0 Å². The molecule has 0 aliphatic carbocycles. The highest BCUT2D eigenvalue weighted by Gasteiger charge is 2.34. The van der Waals surface area contributed by atoms with Crippen molar-refractivity contribution in [3.8, 4) is 11.4 Å². The first-order valence-electron chi connectivity index (χ1n) is 12.2. The van der Waals surface area contributed by atoms with Gasteiger partial charge in [-0.3, -0.25) is 4.90 Å². The topological polar surface area (TPSA) is 117 Å². The number of fused-ring (bicyclic) bond motifs is 1. The van der Waals surface area contributed by atoms with E-state index in [0.717, 1.165) is 12.4 Å². The van der Waals surface area contributed by atoms with Crippen molar-refractivity contribution in [1.29, 1.82) is 0 Å². The van der Waals surface area contributed by atoms with Crippen LogP contribution in [0.4, 0.5) is 19.0 Å². The molecule has 0 saturated carbocycles. The molecule has 1 aliphatic heterocycles. The summed E-state index contributed by atoms with van der Waals surface area (Å²) in [6, 6.07) is 10.2. The molecule has 0 radical (unpaired) electrons. The third kappa shape index (κ3) is 5.72. The number of nitrogens with zero attached hydrogens (tertiary/aromatic N) is 6. The van der Waals surface area contributed by atoms with E-state index in [9.17, 15) is 21.6 Å². The van der Waals surface area contributed by atoms with Crippen molar-refractivity contribution < 1.29 is 26.1 Å². The van der Waals surface area contributed by atoms with Crippen LogP contribution in [0.25, 0.3) is 22.3 Å². The van der Waals surface area contributed by atoms with Crippen LogP contribution in [0, 0.1) is 6.92 Å². The molecule has 2 aromatic carbocycles. The van der Waals surface area contributed by atoms with Crippen molar-refractivity contribution in [3.05, 3.63) is 60.2 Å². The third-order valence-electron chi connectivity index (χ3n) is 6.47. The van der Waals surface area contributed by atoms with Crippen molar-refractivity contribution in [2.75, 3.05) is 38.0 Å². The van der Waals surface area contributed by atoms with Crippen LogP contribution in [0.2, 0.25) is 0 Å². The Labute approximate surface area is 222 Å². The van der Waals surface area contributed by atoms with Crippen LogP contribution in [-0.4, -0.2) is 76.5 Å². The fraction of sp³-hybridized carbons (Fsp3) is 0.360. The number of alkyl halides is 3. The minimum atomic E-state index is -4.52. The van der Waals surface area contributed by atoms with Crippen LogP contribution in [0.1, 0.15) is 18.4 Å². The number of para-hydroxylation sites is 1. The van der Waals surface area contributed by atoms with E-state index in [0.29, 0.717) is 55.8 Å². The first-order chi connectivity index (χ1) is 18.5. The average molecular weight is 562 g/mol. The zero-order valence-corrected chi connectivity index (χ0v) is 22.0. The molecule has 0 spiro atoms. The Morgan fingerprint density at radius 1 is 1.08 bits per heavy atom. The molecule has 1 unspecified atom stereocenters. The van der Waals surface area contributed by atoms with Crippen molar-refractivity contribution in [2.45, 2.75) is 31.0 Å². The SMILES string of the molecule is Cc1nc(-c2cccc(S(=O)(=O)N3CCN(CC(C)Nc4ncnc5c(C(F)(F)F)cccc45)CC3)c2)no1. The van der Waals surface area contributed by atoms with E-state index in [2.05, 4.69) is 30.3 Å². The molecule has 5 rings (SSSR count). The molecule has 2 aromatic heterocycles. The number of aryl methyl sites for hydroxylation is 1. The third-order valence-corrected chi connectivity index (χ3v) is 8.37. The second kappa shape index (κ2) is 10.5. The van der Waals surface area contributed by atoms with Crippen LogP contribution in [0.5, 0.6) is 0 Å². The summed E-state index contributed by atoms with van der Waals surface area (Å²) in [4.78, 5) is 14.4. The Hall–Kier alpha value is -3.62. The quantitative estimate of drug-likeness (QED) is 0.359. The largest absolute Gasteiger partial charge is 0.418 e. The molecule has 1 N–H and O–H groups in total. The molecule has 3 heterocycles. The number of halogens is 3. The minimum absolute atomic E-state index is 0.153. The van der Waals surface area contributed by atoms with Crippen LogP contribution in [0.3, 0.4) is 0 Å². The lowest BCUT2D eigenvalue weighted by Gasteiger charge is -2.35. The molecule has 1 saturated heterocycles. The molecule has 1 fully saturated rings. The van der Waals surface area contributed by atoms with Gasteiger partial charge in [0.15, 0.2) is 0 Å². The van der Waals surface area contributed by atoms with E-state index >= 15 is 0 Å². The first kappa shape index (κ1) is 27.0. The summed E-state index contributed by atoms with van der Waals surface area (Å²) in [6.07, 6.45) is -3.41. The Morgan fingerprint density at radius 3 is 2.51 bits per heavy atom. The average Bonchev–Trinajstić information content (AvgIpc) is 3.34. The standard InChI is InChI=1S/C25H26F3N7O3S/c1-16(31-24-20-7-4-8-21(25(26,27)28)22(20)29-15-30-24)14-34-9-11-35(12-10-34)39(36,37)19-6-3-5-18(13-19)23-32-17(2)38-33-23/h3-8,13,15-16H,9-12,14H2,1-2H3,(H,29,30,31). The highest BCUT2D eigenvalue weighted by Crippen LogP contribution is 2.35. The molecule has 1 atom stereocenters. The zero-order chi connectivity index (χ0) is 27.8. The van der Waals surface area contributed by atoms with Gasteiger partial charge >= 0.3 is 6.18 Å². The number of nitrogens with one attached hydrogen (secondary N) is 1. The van der Waals surface area contributed by atoms with Gasteiger partial charge in [0, 0.05) is 56.6 Å². The lowest BCUT2D eigenvalue weighted by molar-refractivity contribution is -0.136. The lowest BCUT2D eigenvalue weighted by Crippen LogP contribution is -2.50. The van der Waals surface area contributed by atoms with Crippen molar-refractivity contribution in [1.82, 2.24) is 29.3 Å². The zero-order valence-electron chi connectivity index (χ0n) is 21.2. The minimum Gasteiger partial charge on any atom is -0.366 e. The maximum atomic E-state index is 13.4. The van der Waals surface area contributed by atoms with E-state index in [-0.39, 0.29) is 21.8 Å². The van der Waals surface area contributed by atoms with Gasteiger partial charge in [-0.15, -0.1) is 0 Å². The molecule has 10 nitrogen and oxygen atoms in total. The second-order valence-corrected chi connectivity index (χ2v) is 11.3. The van der Waals surface area contributed by atoms with Crippen LogP contribution in [-0.2, 0) is 16.2 Å². The van der Waals surface area contributed by atoms with Gasteiger partial charge in [0.1, 0.15) is 12.1 Å². The van der Waals surface area contributed by atoms with Crippen LogP contribution < -0.4 is 5.32 Å². The van der Waals surface area contributed by atoms with E-state index < -0.39 is 21.8 Å². The molecular formula is C25H26F3N7O3S. The number of piperazine rings is 1. The highest BCUT2D eigenvalue weighted by molar-refractivity contribution is 7.89. The van der Waals surface area contributed by atoms with E-state index in [1.165, 1.54) is 16.4 Å². The summed E-state index contributed by atoms with van der Waals surface area (Å²) < 4.78 is 73.3. The number of hydrogen-bond acceptors (Lipinski definition) is 9. The van der Waals surface area contributed by atoms with Crippen molar-refractivity contribution >= 4 is 26.7 Å². The highest BCUT2D eigenvalue weighted by atomic mass is 32.2. The number of hydrogen-bond donors (Lipinski definition) is 1. The van der Waals surface area contributed by atoms with Crippen molar-refractivity contribution in [3.63, 3.8) is 0 Å². The predicted molar refractivity (Wildman–Crippen MR) is 137 cm³/mol. The van der Waals surface area contributed by atoms with Gasteiger partial charge in [0.2, 0.25) is 21.7 Å². The molecule has 206 valence electrons. The van der Waals surface area contributed by atoms with Gasteiger partial charge in [0.25, 0.3) is 0 Å². The molecule has 1 aliphatic rings. The number of aromatic nitrogens is 4. The van der Waals surface area contributed by atoms with Gasteiger partial charge in [-0.2, -0.15) is 22.5 Å². The van der Waals surface area contributed by atoms with Gasteiger partial charge in [0.05, 0.1) is 16.0 Å². The number of benzene rings is 2. The van der Waals surface area contributed by atoms with Gasteiger partial charge in [-0.05, 0) is 31.2 Å². The van der Waals surface area contributed by atoms with Gasteiger partial charge in [-0.1, -0.05) is 23.4 Å². The summed E-state index contributed by atoms with van der Waals surface area (Å²) in [5, 5.41) is 7.33. The lowest BCUT2D eigenvalue weighted by atomic mass is 10.1. The molecular weight excluding hydrogens is 535 g/mol. The summed E-state index contributed by atoms with van der Waals surface area (Å²) in [5.74, 6) is 1.02. The maximum Gasteiger partial charge on any atom is 0.418 e. The molecule has 0 amide bonds. The predicted octanol–water partition coefficient (Wildman–Crippen LogP) is 3.81. The molecule has 0 bridgehead atoms. The summed E-state index contributed by atoms with van der Waals surface area (Å²) in [6.45, 7) is 5.70. The number of rotatable bonds is 7. The fourth-order valence-electron chi connectivity index (χ4n) is 4.61. The van der Waals surface area contributed by atoms with E-state index in [1.54, 1.807) is 31.2 Å². The van der Waals surface area contributed by atoms with Crippen molar-refractivity contribution in [2.24, 2.45) is 0 Å². The number of anilines is 1. The summed E-state index contributed by atoms with van der Waals surface area (Å²) >= 11 is 0. The Balaban J connectivity index is 1.22. The molecule has 14 heteroatoms. The van der Waals surface area contributed by atoms with Gasteiger partial charge < -0.3 is 9.84 Å². The van der Waals surface area contributed by atoms with Crippen LogP contribution in [0.15, 0.2) is 58.2 Å². The van der Waals surface area contributed by atoms with E-state index in [4.69, 9.17) is 4.52 Å². The maximum absolute atomic E-state index is 13.4. The van der Waals surface area contributed by atoms with Gasteiger partial charge in [-0.25, -0.2) is 18.4 Å². The molecule has 4 aromatic rings. The summed E-state index contributed by atoms with van der Waals surface area (Å²) in [5.41, 5.74) is -0.425. The number of sulfonamides is 1. The molecule has 39 heavy (non-hydrogen) atoms. The second-order valence-electron chi connectivity index (χ2n) is 9.34. The first-order valence-corrected chi connectivity index (χ1v) is 13.7. The Bertz CT molecular complexity index is 1590. The Kier molecular flexibility index (Phi) is 7.27.